The molecule has 2 aromatic carbocycles. The van der Waals surface area contributed by atoms with Crippen molar-refractivity contribution in [3.63, 3.8) is 0 Å². The summed E-state index contributed by atoms with van der Waals surface area (Å²) in [7, 11) is 0. The molecule has 1 saturated carbocycles. The lowest BCUT2D eigenvalue weighted by molar-refractivity contribution is -0.384. The zero-order chi connectivity index (χ0) is 19.7. The maximum Gasteiger partial charge on any atom is 0.293 e. The van der Waals surface area contributed by atoms with Crippen molar-refractivity contribution in [2.45, 2.75) is 18.9 Å². The number of rotatable bonds is 6. The molecule has 1 aromatic heterocycles. The second-order valence-electron chi connectivity index (χ2n) is 6.41. The fourth-order valence-corrected chi connectivity index (χ4v) is 3.36. The van der Waals surface area contributed by atoms with Gasteiger partial charge in [0.25, 0.3) is 11.6 Å². The van der Waals surface area contributed by atoms with Crippen LogP contribution in [-0.2, 0) is 0 Å². The van der Waals surface area contributed by atoms with Gasteiger partial charge in [0.2, 0.25) is 0 Å². The second-order valence-corrected chi connectivity index (χ2v) is 7.26. The minimum absolute atomic E-state index is 0.134. The number of nitrogens with zero attached hydrogens (tertiary/aromatic N) is 2. The van der Waals surface area contributed by atoms with Gasteiger partial charge in [-0.3, -0.25) is 20.2 Å². The van der Waals surface area contributed by atoms with Gasteiger partial charge in [-0.2, -0.15) is 0 Å². The molecule has 0 bridgehead atoms. The van der Waals surface area contributed by atoms with Gasteiger partial charge >= 0.3 is 0 Å². The van der Waals surface area contributed by atoms with E-state index in [2.05, 4.69) is 15.6 Å². The highest BCUT2D eigenvalue weighted by Crippen LogP contribution is 2.32. The van der Waals surface area contributed by atoms with Crippen LogP contribution in [0.15, 0.2) is 47.8 Å². The Morgan fingerprint density at radius 1 is 1.21 bits per heavy atom. The van der Waals surface area contributed by atoms with Crippen LogP contribution in [0.3, 0.4) is 0 Å². The lowest BCUT2D eigenvalue weighted by Crippen LogP contribution is -2.13. The van der Waals surface area contributed by atoms with E-state index in [0.717, 1.165) is 18.4 Å². The minimum Gasteiger partial charge on any atom is -0.377 e. The Balaban J connectivity index is 1.51. The zero-order valence-corrected chi connectivity index (χ0v) is 15.3. The van der Waals surface area contributed by atoms with Gasteiger partial charge in [-0.15, -0.1) is 11.3 Å². The maximum absolute atomic E-state index is 13.0. The molecule has 0 spiro atoms. The number of benzene rings is 2. The molecule has 1 heterocycles. The molecule has 0 aliphatic heterocycles. The summed E-state index contributed by atoms with van der Waals surface area (Å²) >= 11 is 1.22. The van der Waals surface area contributed by atoms with Crippen molar-refractivity contribution in [3.8, 4) is 11.3 Å². The number of nitrogens with one attached hydrogen (secondary N) is 2. The van der Waals surface area contributed by atoms with Gasteiger partial charge in [-0.05, 0) is 49.2 Å². The Bertz CT molecular complexity index is 1050. The Morgan fingerprint density at radius 3 is 2.64 bits per heavy atom. The van der Waals surface area contributed by atoms with Crippen LogP contribution in [0, 0.1) is 15.9 Å². The molecule has 0 atom stereocenters. The predicted molar refractivity (Wildman–Crippen MR) is 105 cm³/mol. The predicted octanol–water partition coefficient (Wildman–Crippen LogP) is 4.68. The number of halogens is 1. The van der Waals surface area contributed by atoms with E-state index in [4.69, 9.17) is 0 Å². The van der Waals surface area contributed by atoms with E-state index in [9.17, 15) is 19.3 Å². The summed E-state index contributed by atoms with van der Waals surface area (Å²) in [5.74, 6) is -0.824. The van der Waals surface area contributed by atoms with E-state index in [1.165, 1.54) is 29.5 Å². The van der Waals surface area contributed by atoms with Crippen LogP contribution in [0.25, 0.3) is 11.3 Å². The van der Waals surface area contributed by atoms with Crippen molar-refractivity contribution in [2.24, 2.45) is 0 Å². The average Bonchev–Trinajstić information content (AvgIpc) is 3.38. The molecular formula is C19H15FN4O3S. The van der Waals surface area contributed by atoms with Crippen molar-refractivity contribution in [1.29, 1.82) is 0 Å². The first-order valence-corrected chi connectivity index (χ1v) is 9.45. The van der Waals surface area contributed by atoms with E-state index in [-0.39, 0.29) is 23.1 Å². The molecule has 1 amide bonds. The highest BCUT2D eigenvalue weighted by molar-refractivity contribution is 7.14. The maximum atomic E-state index is 13.0. The number of carbonyl (C=O) groups is 1. The Morgan fingerprint density at radius 2 is 1.96 bits per heavy atom. The molecule has 9 heteroatoms. The summed E-state index contributed by atoms with van der Waals surface area (Å²) in [4.78, 5) is 27.6. The molecule has 1 fully saturated rings. The largest absolute Gasteiger partial charge is 0.377 e. The van der Waals surface area contributed by atoms with E-state index in [1.807, 2.05) is 0 Å². The van der Waals surface area contributed by atoms with Gasteiger partial charge in [-0.25, -0.2) is 9.37 Å². The lowest BCUT2D eigenvalue weighted by atomic mass is 10.1. The molecule has 0 unspecified atom stereocenters. The molecule has 1 aliphatic rings. The number of hydrogen-bond donors (Lipinski definition) is 2. The molecule has 0 radical (unpaired) electrons. The third-order valence-electron chi connectivity index (χ3n) is 4.26. The number of carbonyl (C=O) groups excluding carboxylic acids is 1. The first-order chi connectivity index (χ1) is 13.5. The SMILES string of the molecule is O=C(Nc1nc(-c2ccc(F)cc2)cs1)c1ccc(NC2CC2)c([N+](=O)[O-])c1. The average molecular weight is 398 g/mol. The summed E-state index contributed by atoms with van der Waals surface area (Å²) in [5, 5.41) is 19.2. The molecular weight excluding hydrogens is 383 g/mol. The standard InChI is InChI=1S/C19H15FN4O3S/c20-13-4-1-11(2-5-13)16-10-28-19(22-16)23-18(25)12-3-8-15(21-14-6-7-14)17(9-12)24(26)27/h1-5,8-10,14,21H,6-7H2,(H,22,23,25). The molecule has 1 aliphatic carbocycles. The molecule has 2 N–H and O–H groups in total. The van der Waals surface area contributed by atoms with E-state index < -0.39 is 10.8 Å². The highest BCUT2D eigenvalue weighted by Gasteiger charge is 2.25. The quantitative estimate of drug-likeness (QED) is 0.464. The van der Waals surface area contributed by atoms with Crippen LogP contribution in [0.2, 0.25) is 0 Å². The second kappa shape index (κ2) is 7.35. The number of nitro benzene ring substituents is 1. The van der Waals surface area contributed by atoms with Crippen LogP contribution in [0.1, 0.15) is 23.2 Å². The lowest BCUT2D eigenvalue weighted by Gasteiger charge is -2.07. The van der Waals surface area contributed by atoms with Gasteiger partial charge < -0.3 is 5.32 Å². The number of aromatic nitrogens is 1. The Labute approximate surface area is 163 Å². The third kappa shape index (κ3) is 3.99. The summed E-state index contributed by atoms with van der Waals surface area (Å²) in [6, 6.07) is 10.5. The molecule has 142 valence electrons. The van der Waals surface area contributed by atoms with Crippen molar-refractivity contribution >= 4 is 33.8 Å². The van der Waals surface area contributed by atoms with E-state index in [1.54, 1.807) is 29.6 Å². The summed E-state index contributed by atoms with van der Waals surface area (Å²) < 4.78 is 13.0. The molecule has 0 saturated heterocycles. The molecule has 3 aromatic rings. The summed E-state index contributed by atoms with van der Waals surface area (Å²) in [6.07, 6.45) is 1.97. The van der Waals surface area contributed by atoms with Crippen molar-refractivity contribution < 1.29 is 14.1 Å². The van der Waals surface area contributed by atoms with Gasteiger partial charge in [0, 0.05) is 28.6 Å². The number of thiazole rings is 1. The number of hydrogen-bond acceptors (Lipinski definition) is 6. The molecule has 7 nitrogen and oxygen atoms in total. The van der Waals surface area contributed by atoms with Crippen LogP contribution in [0.5, 0.6) is 0 Å². The van der Waals surface area contributed by atoms with Gasteiger partial charge in [0.15, 0.2) is 5.13 Å². The summed E-state index contributed by atoms with van der Waals surface area (Å²) in [6.45, 7) is 0. The van der Waals surface area contributed by atoms with Crippen LogP contribution < -0.4 is 10.6 Å². The zero-order valence-electron chi connectivity index (χ0n) is 14.5. The first-order valence-electron chi connectivity index (χ1n) is 8.57. The first kappa shape index (κ1) is 18.1. The van der Waals surface area contributed by atoms with E-state index >= 15 is 0 Å². The van der Waals surface area contributed by atoms with Crippen molar-refractivity contribution in [2.75, 3.05) is 10.6 Å². The number of amides is 1. The molecule has 28 heavy (non-hydrogen) atoms. The minimum atomic E-state index is -0.502. The van der Waals surface area contributed by atoms with Crippen molar-refractivity contribution in [3.05, 3.63) is 69.3 Å². The fraction of sp³-hybridized carbons (Fsp3) is 0.158. The third-order valence-corrected chi connectivity index (χ3v) is 5.02. The fourth-order valence-electron chi connectivity index (χ4n) is 2.65. The molecule has 4 rings (SSSR count). The van der Waals surface area contributed by atoms with Gasteiger partial charge in [-0.1, -0.05) is 0 Å². The highest BCUT2D eigenvalue weighted by atomic mass is 32.1. The Hall–Kier alpha value is -3.33. The van der Waals surface area contributed by atoms with Crippen LogP contribution in [-0.4, -0.2) is 21.9 Å². The van der Waals surface area contributed by atoms with Gasteiger partial charge in [0.1, 0.15) is 11.5 Å². The van der Waals surface area contributed by atoms with Gasteiger partial charge in [0.05, 0.1) is 10.6 Å². The number of nitro groups is 1. The smallest absolute Gasteiger partial charge is 0.293 e. The van der Waals surface area contributed by atoms with Crippen LogP contribution >= 0.6 is 11.3 Å². The summed E-state index contributed by atoms with van der Waals surface area (Å²) in [5.41, 5.74) is 1.79. The van der Waals surface area contributed by atoms with E-state index in [0.29, 0.717) is 16.5 Å². The topological polar surface area (TPSA) is 97.2 Å². The Kier molecular flexibility index (Phi) is 4.74. The van der Waals surface area contributed by atoms with Crippen molar-refractivity contribution in [1.82, 2.24) is 4.98 Å². The number of anilines is 2. The monoisotopic (exact) mass is 398 g/mol. The van der Waals surface area contributed by atoms with Crippen LogP contribution in [0.4, 0.5) is 20.9 Å². The normalized spacial score (nSPS) is 13.2.